The van der Waals surface area contributed by atoms with Crippen LogP contribution in [0.1, 0.15) is 29.9 Å². The number of aliphatic hydroxyl groups is 1. The minimum Gasteiger partial charge on any atom is -0.491 e. The molecule has 4 aliphatic rings. The summed E-state index contributed by atoms with van der Waals surface area (Å²) >= 11 is 0. The van der Waals surface area contributed by atoms with E-state index in [-0.39, 0.29) is 6.61 Å². The van der Waals surface area contributed by atoms with Crippen LogP contribution >= 0.6 is 0 Å². The molecule has 0 aromatic heterocycles. The van der Waals surface area contributed by atoms with Crippen LogP contribution < -0.4 is 4.74 Å². The average Bonchev–Trinajstić information content (AvgIpc) is 3.16. The molecule has 4 heterocycles. The Morgan fingerprint density at radius 3 is 2.39 bits per heavy atom. The molecule has 0 saturated carbocycles. The summed E-state index contributed by atoms with van der Waals surface area (Å²) in [7, 11) is 0. The monoisotopic (exact) mass is 378 g/mol. The Balaban J connectivity index is 1.37. The van der Waals surface area contributed by atoms with Gasteiger partial charge in [0.1, 0.15) is 12.4 Å². The number of likely N-dealkylation sites (tertiary alicyclic amines) is 1. The first kappa shape index (κ1) is 18.2. The van der Waals surface area contributed by atoms with Crippen LogP contribution in [-0.4, -0.2) is 59.8 Å². The van der Waals surface area contributed by atoms with E-state index >= 15 is 0 Å². The van der Waals surface area contributed by atoms with Crippen molar-refractivity contribution in [1.82, 2.24) is 9.80 Å². The Kier molecular flexibility index (Phi) is 5.10. The molecule has 3 atom stereocenters. The molecular weight excluding hydrogens is 348 g/mol. The molecule has 1 N–H and O–H groups in total. The van der Waals surface area contributed by atoms with Crippen LogP contribution in [0.2, 0.25) is 0 Å². The summed E-state index contributed by atoms with van der Waals surface area (Å²) in [4.78, 5) is 5.52. The fourth-order valence-electron chi connectivity index (χ4n) is 5.80. The molecule has 0 aliphatic carbocycles. The molecule has 6 rings (SSSR count). The van der Waals surface area contributed by atoms with Gasteiger partial charge in [0.15, 0.2) is 0 Å². The third kappa shape index (κ3) is 3.34. The number of piperidine rings is 3. The first-order valence-corrected chi connectivity index (χ1v) is 10.7. The van der Waals surface area contributed by atoms with Gasteiger partial charge >= 0.3 is 0 Å². The minimum atomic E-state index is 0.0529. The van der Waals surface area contributed by atoms with E-state index in [9.17, 15) is 0 Å². The lowest BCUT2D eigenvalue weighted by Gasteiger charge is -2.51. The Morgan fingerprint density at radius 1 is 0.929 bits per heavy atom. The number of rotatable bonds is 6. The van der Waals surface area contributed by atoms with Gasteiger partial charge in [-0.05, 0) is 55.1 Å². The highest BCUT2D eigenvalue weighted by molar-refractivity contribution is 5.30. The van der Waals surface area contributed by atoms with E-state index in [2.05, 4.69) is 52.3 Å². The van der Waals surface area contributed by atoms with E-state index in [1.807, 2.05) is 12.1 Å². The van der Waals surface area contributed by atoms with Crippen LogP contribution in [0.3, 0.4) is 0 Å². The lowest BCUT2D eigenvalue weighted by molar-refractivity contribution is -0.00869. The highest BCUT2D eigenvalue weighted by Crippen LogP contribution is 2.46. The molecule has 0 amide bonds. The van der Waals surface area contributed by atoms with E-state index in [0.717, 1.165) is 24.8 Å². The molecule has 148 valence electrons. The highest BCUT2D eigenvalue weighted by atomic mass is 16.5. The predicted molar refractivity (Wildman–Crippen MR) is 110 cm³/mol. The second-order valence-electron chi connectivity index (χ2n) is 8.52. The van der Waals surface area contributed by atoms with Gasteiger partial charge in [0.2, 0.25) is 0 Å². The van der Waals surface area contributed by atoms with Gasteiger partial charge in [0, 0.05) is 31.1 Å². The van der Waals surface area contributed by atoms with Gasteiger partial charge in [-0.2, -0.15) is 0 Å². The van der Waals surface area contributed by atoms with Gasteiger partial charge in [-0.3, -0.25) is 9.80 Å². The molecule has 0 unspecified atom stereocenters. The third-order valence-corrected chi connectivity index (χ3v) is 6.99. The minimum absolute atomic E-state index is 0.0529. The van der Waals surface area contributed by atoms with Crippen molar-refractivity contribution in [2.24, 2.45) is 5.92 Å². The van der Waals surface area contributed by atoms with Crippen molar-refractivity contribution < 1.29 is 9.84 Å². The van der Waals surface area contributed by atoms with Crippen molar-refractivity contribution in [3.63, 3.8) is 0 Å². The number of fused-ring (bicyclic) bond motifs is 2. The van der Waals surface area contributed by atoms with Gasteiger partial charge in [-0.15, -0.1) is 0 Å². The second kappa shape index (κ2) is 7.86. The Bertz CT molecular complexity index is 771. The molecule has 28 heavy (non-hydrogen) atoms. The van der Waals surface area contributed by atoms with E-state index < -0.39 is 0 Å². The molecule has 4 nitrogen and oxygen atoms in total. The maximum atomic E-state index is 8.92. The van der Waals surface area contributed by atoms with Crippen molar-refractivity contribution in [3.05, 3.63) is 65.7 Å². The number of ether oxygens (including phenoxy) is 1. The van der Waals surface area contributed by atoms with Gasteiger partial charge < -0.3 is 9.84 Å². The molecule has 4 fully saturated rings. The summed E-state index contributed by atoms with van der Waals surface area (Å²) in [5.74, 6) is 2.29. The number of nitrogens with zero attached hydrogens (tertiary/aromatic N) is 2. The normalized spacial score (nSPS) is 31.7. The Labute approximate surface area is 167 Å². The number of hydrogen-bond donors (Lipinski definition) is 1. The quantitative estimate of drug-likeness (QED) is 0.838. The summed E-state index contributed by atoms with van der Waals surface area (Å²) < 4.78 is 5.51. The van der Waals surface area contributed by atoms with Gasteiger partial charge in [-0.25, -0.2) is 0 Å². The Morgan fingerprint density at radius 2 is 1.68 bits per heavy atom. The van der Waals surface area contributed by atoms with E-state index in [0.29, 0.717) is 24.6 Å². The molecule has 4 aliphatic heterocycles. The second-order valence-corrected chi connectivity index (χ2v) is 8.52. The van der Waals surface area contributed by atoms with Crippen molar-refractivity contribution in [2.75, 3.05) is 32.8 Å². The van der Waals surface area contributed by atoms with Crippen molar-refractivity contribution >= 4 is 0 Å². The van der Waals surface area contributed by atoms with Gasteiger partial charge in [-0.1, -0.05) is 42.5 Å². The largest absolute Gasteiger partial charge is 0.491 e. The number of benzene rings is 2. The van der Waals surface area contributed by atoms with Gasteiger partial charge in [0.25, 0.3) is 0 Å². The zero-order valence-corrected chi connectivity index (χ0v) is 16.4. The molecular formula is C24H30N2O2. The van der Waals surface area contributed by atoms with E-state index in [4.69, 9.17) is 9.84 Å². The van der Waals surface area contributed by atoms with Crippen LogP contribution in [-0.2, 0) is 6.54 Å². The zero-order chi connectivity index (χ0) is 18.9. The zero-order valence-electron chi connectivity index (χ0n) is 16.4. The molecule has 0 radical (unpaired) electrons. The van der Waals surface area contributed by atoms with Gasteiger partial charge in [0.05, 0.1) is 6.61 Å². The summed E-state index contributed by atoms with van der Waals surface area (Å²) in [5.41, 5.74) is 2.85. The molecule has 4 saturated heterocycles. The van der Waals surface area contributed by atoms with Crippen LogP contribution in [0, 0.1) is 5.92 Å². The maximum absolute atomic E-state index is 8.92. The standard InChI is InChI=1S/C24H30N2O2/c27-14-15-28-21-8-6-18(7-9-21)16-26-17-22(19-4-2-1-3-5-19)24-23(26)20-10-12-25(24)13-11-20/h1-9,20,22-24,27H,10-17H2/t22-,23+,24+/m0/s1. The van der Waals surface area contributed by atoms with Crippen LogP contribution in [0.25, 0.3) is 0 Å². The first-order chi connectivity index (χ1) is 13.8. The summed E-state index contributed by atoms with van der Waals surface area (Å²) in [5, 5.41) is 8.92. The number of hydrogen-bond acceptors (Lipinski definition) is 4. The first-order valence-electron chi connectivity index (χ1n) is 10.7. The number of aliphatic hydroxyl groups excluding tert-OH is 1. The van der Waals surface area contributed by atoms with E-state index in [1.165, 1.54) is 37.1 Å². The lowest BCUT2D eigenvalue weighted by Crippen LogP contribution is -2.59. The van der Waals surface area contributed by atoms with Crippen LogP contribution in [0.5, 0.6) is 5.75 Å². The van der Waals surface area contributed by atoms with E-state index in [1.54, 1.807) is 0 Å². The SMILES string of the molecule is OCCOc1ccc(CN2C[C@@H](c3ccccc3)[C@@H]3[C@H]2C2CCN3CC2)cc1. The lowest BCUT2D eigenvalue weighted by atomic mass is 9.75. The topological polar surface area (TPSA) is 35.9 Å². The van der Waals surface area contributed by atoms with Crippen LogP contribution in [0.15, 0.2) is 54.6 Å². The summed E-state index contributed by atoms with van der Waals surface area (Å²) in [6, 6.07) is 20.9. The summed E-state index contributed by atoms with van der Waals surface area (Å²) in [6.45, 7) is 5.12. The fraction of sp³-hybridized carbons (Fsp3) is 0.500. The van der Waals surface area contributed by atoms with Crippen molar-refractivity contribution in [3.8, 4) is 5.75 Å². The van der Waals surface area contributed by atoms with Crippen molar-refractivity contribution in [1.29, 1.82) is 0 Å². The smallest absolute Gasteiger partial charge is 0.119 e. The maximum Gasteiger partial charge on any atom is 0.119 e. The Hall–Kier alpha value is -1.88. The van der Waals surface area contributed by atoms with Crippen LogP contribution in [0.4, 0.5) is 0 Å². The molecule has 2 aromatic rings. The third-order valence-electron chi connectivity index (χ3n) is 6.99. The highest BCUT2D eigenvalue weighted by Gasteiger charge is 2.52. The molecule has 4 heteroatoms. The molecule has 2 aromatic carbocycles. The van der Waals surface area contributed by atoms with Crippen molar-refractivity contribution in [2.45, 2.75) is 37.4 Å². The predicted octanol–water partition coefficient (Wildman–Crippen LogP) is 3.12. The molecule has 0 spiro atoms. The summed E-state index contributed by atoms with van der Waals surface area (Å²) in [6.07, 6.45) is 2.71. The molecule has 2 bridgehead atoms. The fourth-order valence-corrected chi connectivity index (χ4v) is 5.80. The average molecular weight is 379 g/mol.